The third-order valence-corrected chi connectivity index (χ3v) is 4.46. The van der Waals surface area contributed by atoms with Gasteiger partial charge in [-0.05, 0) is 24.6 Å². The molecule has 2 aromatic rings. The van der Waals surface area contributed by atoms with Crippen LogP contribution in [0.3, 0.4) is 0 Å². The lowest BCUT2D eigenvalue weighted by atomic mass is 10.1. The molecule has 1 heterocycles. The van der Waals surface area contributed by atoms with E-state index in [1.54, 1.807) is 30.2 Å². The van der Waals surface area contributed by atoms with E-state index >= 15 is 0 Å². The fourth-order valence-corrected chi connectivity index (χ4v) is 3.34. The molecule has 2 N–H and O–H groups in total. The summed E-state index contributed by atoms with van der Waals surface area (Å²) in [4.78, 5) is 0. The van der Waals surface area contributed by atoms with E-state index in [-0.39, 0.29) is 0 Å². The van der Waals surface area contributed by atoms with Crippen molar-refractivity contribution in [3.05, 3.63) is 34.3 Å². The molecule has 1 aromatic heterocycles. The molecular weight excluding hydrogens is 266 g/mol. The third kappa shape index (κ3) is 3.22. The topological polar surface area (TPSA) is 61.0 Å². The first kappa shape index (κ1) is 13.3. The highest BCUT2D eigenvalue weighted by Crippen LogP contribution is 2.30. The molecular formula is C12H15N3OS2. The summed E-state index contributed by atoms with van der Waals surface area (Å²) in [7, 11) is 1.68. The van der Waals surface area contributed by atoms with Gasteiger partial charge in [-0.1, -0.05) is 29.2 Å². The molecule has 1 aromatic carbocycles. The number of nitrogens with two attached hydrogens (primary N) is 1. The molecule has 4 nitrogen and oxygen atoms in total. The molecule has 0 saturated carbocycles. The van der Waals surface area contributed by atoms with E-state index in [2.05, 4.69) is 16.3 Å². The van der Waals surface area contributed by atoms with E-state index in [0.717, 1.165) is 32.0 Å². The van der Waals surface area contributed by atoms with Gasteiger partial charge in [-0.15, -0.1) is 10.2 Å². The van der Waals surface area contributed by atoms with E-state index in [4.69, 9.17) is 10.5 Å². The van der Waals surface area contributed by atoms with Gasteiger partial charge in [0, 0.05) is 17.9 Å². The van der Waals surface area contributed by atoms with Crippen molar-refractivity contribution in [2.45, 2.75) is 23.6 Å². The summed E-state index contributed by atoms with van der Waals surface area (Å²) >= 11 is 3.27. The Bertz CT molecular complexity index is 528. The van der Waals surface area contributed by atoms with Gasteiger partial charge in [0.05, 0.1) is 7.11 Å². The molecule has 18 heavy (non-hydrogen) atoms. The van der Waals surface area contributed by atoms with Crippen molar-refractivity contribution in [1.29, 1.82) is 0 Å². The minimum Gasteiger partial charge on any atom is -0.496 e. The minimum absolute atomic E-state index is 0.541. The van der Waals surface area contributed by atoms with Crippen LogP contribution in [0, 0.1) is 6.92 Å². The van der Waals surface area contributed by atoms with Gasteiger partial charge in [0.1, 0.15) is 10.8 Å². The molecule has 0 saturated heterocycles. The molecule has 6 heteroatoms. The second-order valence-corrected chi connectivity index (χ2v) is 6.13. The van der Waals surface area contributed by atoms with Crippen molar-refractivity contribution in [3.8, 4) is 5.75 Å². The number of methoxy groups -OCH3 is 1. The van der Waals surface area contributed by atoms with Crippen molar-refractivity contribution < 1.29 is 4.74 Å². The molecule has 0 spiro atoms. The smallest absolute Gasteiger partial charge is 0.174 e. The Morgan fingerprint density at radius 2 is 2.22 bits per heavy atom. The Labute approximate surface area is 115 Å². The maximum absolute atomic E-state index is 5.65. The van der Waals surface area contributed by atoms with Crippen LogP contribution in [0.25, 0.3) is 0 Å². The summed E-state index contributed by atoms with van der Waals surface area (Å²) in [5, 5.41) is 9.08. The van der Waals surface area contributed by atoms with Crippen LogP contribution in [0.1, 0.15) is 16.1 Å². The normalized spacial score (nSPS) is 10.6. The lowest BCUT2D eigenvalue weighted by molar-refractivity contribution is 0.411. The number of benzene rings is 1. The Kier molecular flexibility index (Phi) is 4.57. The molecule has 0 bridgehead atoms. The zero-order chi connectivity index (χ0) is 13.0. The fraction of sp³-hybridized carbons (Fsp3) is 0.333. The molecule has 0 aliphatic rings. The predicted molar refractivity (Wildman–Crippen MR) is 75.1 cm³/mol. The average molecular weight is 281 g/mol. The highest BCUT2D eigenvalue weighted by molar-refractivity contribution is 8.00. The van der Waals surface area contributed by atoms with Crippen molar-refractivity contribution in [3.63, 3.8) is 0 Å². The van der Waals surface area contributed by atoms with Crippen molar-refractivity contribution in [1.82, 2.24) is 10.2 Å². The molecule has 0 fully saturated rings. The maximum atomic E-state index is 5.65. The highest BCUT2D eigenvalue weighted by Gasteiger charge is 2.07. The molecule has 96 valence electrons. The summed E-state index contributed by atoms with van der Waals surface area (Å²) in [6.45, 7) is 2.50. The number of hydrogen-bond donors (Lipinski definition) is 1. The number of thioether (sulfide) groups is 1. The number of aromatic nitrogens is 2. The standard InChI is InChI=1S/C12H15N3OS2/c1-8-14-15-12(18-8)17-7-10-5-9(6-13)3-4-11(10)16-2/h3-5H,6-7,13H2,1-2H3. The highest BCUT2D eigenvalue weighted by atomic mass is 32.2. The second-order valence-electron chi connectivity index (χ2n) is 3.73. The molecule has 0 atom stereocenters. The second kappa shape index (κ2) is 6.17. The first-order chi connectivity index (χ1) is 8.72. The summed E-state index contributed by atoms with van der Waals surface area (Å²) in [5.74, 6) is 1.70. The molecule has 0 radical (unpaired) electrons. The fourth-order valence-electron chi connectivity index (χ4n) is 1.55. The predicted octanol–water partition coefficient (Wildman–Crippen LogP) is 2.61. The Morgan fingerprint density at radius 3 is 2.83 bits per heavy atom. The molecule has 0 aliphatic carbocycles. The van der Waals surface area contributed by atoms with Crippen LogP contribution in [0.4, 0.5) is 0 Å². The number of aryl methyl sites for hydroxylation is 1. The molecule has 0 aliphatic heterocycles. The third-order valence-electron chi connectivity index (χ3n) is 2.44. The molecule has 0 unspecified atom stereocenters. The van der Waals surface area contributed by atoms with Crippen LogP contribution >= 0.6 is 23.1 Å². The number of nitrogens with zero attached hydrogens (tertiary/aromatic N) is 2. The minimum atomic E-state index is 0.541. The van der Waals surface area contributed by atoms with Gasteiger partial charge in [-0.3, -0.25) is 0 Å². The summed E-state index contributed by atoms with van der Waals surface area (Å²) in [6.07, 6.45) is 0. The van der Waals surface area contributed by atoms with Gasteiger partial charge in [0.25, 0.3) is 0 Å². The summed E-state index contributed by atoms with van der Waals surface area (Å²) in [6, 6.07) is 6.03. The lowest BCUT2D eigenvalue weighted by Crippen LogP contribution is -1.98. The Hall–Kier alpha value is -1.11. The summed E-state index contributed by atoms with van der Waals surface area (Å²) in [5.41, 5.74) is 7.90. The Balaban J connectivity index is 2.11. The van der Waals surface area contributed by atoms with Crippen molar-refractivity contribution >= 4 is 23.1 Å². The van der Waals surface area contributed by atoms with Crippen LogP contribution in [-0.2, 0) is 12.3 Å². The monoisotopic (exact) mass is 281 g/mol. The van der Waals surface area contributed by atoms with Crippen LogP contribution in [0.2, 0.25) is 0 Å². The largest absolute Gasteiger partial charge is 0.496 e. The first-order valence-corrected chi connectivity index (χ1v) is 7.32. The first-order valence-electron chi connectivity index (χ1n) is 5.51. The van der Waals surface area contributed by atoms with E-state index in [1.165, 1.54) is 0 Å². The van der Waals surface area contributed by atoms with Crippen LogP contribution in [0.15, 0.2) is 22.5 Å². The van der Waals surface area contributed by atoms with Gasteiger partial charge in [-0.25, -0.2) is 0 Å². The van der Waals surface area contributed by atoms with Gasteiger partial charge >= 0.3 is 0 Å². The van der Waals surface area contributed by atoms with E-state index in [9.17, 15) is 0 Å². The van der Waals surface area contributed by atoms with Gasteiger partial charge in [0.2, 0.25) is 0 Å². The van der Waals surface area contributed by atoms with Crippen LogP contribution in [-0.4, -0.2) is 17.3 Å². The van der Waals surface area contributed by atoms with Crippen LogP contribution < -0.4 is 10.5 Å². The van der Waals surface area contributed by atoms with Crippen molar-refractivity contribution in [2.24, 2.45) is 5.73 Å². The average Bonchev–Trinajstić information content (AvgIpc) is 2.81. The quantitative estimate of drug-likeness (QED) is 0.854. The SMILES string of the molecule is COc1ccc(CN)cc1CSc1nnc(C)s1. The zero-order valence-electron chi connectivity index (χ0n) is 10.3. The van der Waals surface area contributed by atoms with E-state index < -0.39 is 0 Å². The van der Waals surface area contributed by atoms with Gasteiger partial charge in [0.15, 0.2) is 4.34 Å². The van der Waals surface area contributed by atoms with Crippen LogP contribution in [0.5, 0.6) is 5.75 Å². The summed E-state index contributed by atoms with van der Waals surface area (Å²) < 4.78 is 6.33. The van der Waals surface area contributed by atoms with Crippen molar-refractivity contribution in [2.75, 3.05) is 7.11 Å². The number of hydrogen-bond acceptors (Lipinski definition) is 6. The lowest BCUT2D eigenvalue weighted by Gasteiger charge is -2.09. The van der Waals surface area contributed by atoms with E-state index in [1.807, 2.05) is 19.1 Å². The van der Waals surface area contributed by atoms with E-state index in [0.29, 0.717) is 6.54 Å². The van der Waals surface area contributed by atoms with Gasteiger partial charge < -0.3 is 10.5 Å². The molecule has 2 rings (SSSR count). The zero-order valence-corrected chi connectivity index (χ0v) is 12.0. The Morgan fingerprint density at radius 1 is 1.39 bits per heavy atom. The van der Waals surface area contributed by atoms with Gasteiger partial charge in [-0.2, -0.15) is 0 Å². The number of rotatable bonds is 5. The maximum Gasteiger partial charge on any atom is 0.174 e. The molecule has 0 amide bonds. The number of ether oxygens (including phenoxy) is 1.